The standard InChI is InChI=1S/C13H14N4O3/c1-20-11-7-9(14)3-4-10(11)16-12(18)8-17-6-2-5-15-13(17)19/h2-7H,8,14H2,1H3,(H,16,18). The minimum absolute atomic E-state index is 0.125. The molecule has 0 saturated heterocycles. The van der Waals surface area contributed by atoms with Crippen LogP contribution in [-0.4, -0.2) is 22.6 Å². The number of nitrogens with one attached hydrogen (secondary N) is 1. The van der Waals surface area contributed by atoms with Crippen molar-refractivity contribution in [3.05, 3.63) is 47.1 Å². The van der Waals surface area contributed by atoms with Gasteiger partial charge in [-0.1, -0.05) is 0 Å². The average molecular weight is 274 g/mol. The van der Waals surface area contributed by atoms with Gasteiger partial charge in [-0.25, -0.2) is 9.78 Å². The fraction of sp³-hybridized carbons (Fsp3) is 0.154. The molecule has 1 aromatic heterocycles. The first kappa shape index (κ1) is 13.6. The molecule has 0 unspecified atom stereocenters. The molecule has 7 heteroatoms. The number of hydrogen-bond donors (Lipinski definition) is 2. The molecule has 2 rings (SSSR count). The number of ether oxygens (including phenoxy) is 1. The smallest absolute Gasteiger partial charge is 0.347 e. The molecule has 0 fully saturated rings. The first-order valence-electron chi connectivity index (χ1n) is 5.85. The summed E-state index contributed by atoms with van der Waals surface area (Å²) < 4.78 is 6.33. The second-order valence-electron chi connectivity index (χ2n) is 4.04. The predicted octanol–water partition coefficient (Wildman–Crippen LogP) is 0.473. The van der Waals surface area contributed by atoms with Gasteiger partial charge in [0.05, 0.1) is 12.8 Å². The van der Waals surface area contributed by atoms with E-state index in [1.54, 1.807) is 24.3 Å². The van der Waals surface area contributed by atoms with Gasteiger partial charge >= 0.3 is 5.69 Å². The monoisotopic (exact) mass is 274 g/mol. The van der Waals surface area contributed by atoms with E-state index in [0.29, 0.717) is 17.1 Å². The first-order chi connectivity index (χ1) is 9.60. The zero-order valence-electron chi connectivity index (χ0n) is 10.9. The Kier molecular flexibility index (Phi) is 3.99. The molecule has 1 aromatic carbocycles. The van der Waals surface area contributed by atoms with E-state index in [4.69, 9.17) is 10.5 Å². The van der Waals surface area contributed by atoms with Gasteiger partial charge in [0.25, 0.3) is 0 Å². The fourth-order valence-electron chi connectivity index (χ4n) is 1.66. The van der Waals surface area contributed by atoms with E-state index in [1.165, 1.54) is 24.1 Å². The molecule has 1 amide bonds. The molecule has 3 N–H and O–H groups in total. The molecule has 0 atom stereocenters. The summed E-state index contributed by atoms with van der Waals surface area (Å²) in [5, 5.41) is 2.66. The summed E-state index contributed by atoms with van der Waals surface area (Å²) in [6, 6.07) is 6.47. The minimum Gasteiger partial charge on any atom is -0.494 e. The SMILES string of the molecule is COc1cc(N)ccc1NC(=O)Cn1cccnc1=O. The maximum atomic E-state index is 11.9. The van der Waals surface area contributed by atoms with Crippen LogP contribution in [0.1, 0.15) is 0 Å². The highest BCUT2D eigenvalue weighted by Crippen LogP contribution is 2.26. The van der Waals surface area contributed by atoms with Crippen LogP contribution in [0.25, 0.3) is 0 Å². The van der Waals surface area contributed by atoms with Gasteiger partial charge in [-0.2, -0.15) is 0 Å². The van der Waals surface area contributed by atoms with Gasteiger partial charge in [-0.05, 0) is 18.2 Å². The van der Waals surface area contributed by atoms with Gasteiger partial charge in [0.2, 0.25) is 5.91 Å². The second kappa shape index (κ2) is 5.87. The summed E-state index contributed by atoms with van der Waals surface area (Å²) in [6.07, 6.45) is 2.87. The Morgan fingerprint density at radius 1 is 1.50 bits per heavy atom. The highest BCUT2D eigenvalue weighted by atomic mass is 16.5. The van der Waals surface area contributed by atoms with Crippen LogP contribution in [-0.2, 0) is 11.3 Å². The van der Waals surface area contributed by atoms with Crippen LogP contribution >= 0.6 is 0 Å². The van der Waals surface area contributed by atoms with E-state index in [-0.39, 0.29) is 12.5 Å². The fourth-order valence-corrected chi connectivity index (χ4v) is 1.66. The third-order valence-corrected chi connectivity index (χ3v) is 2.60. The van der Waals surface area contributed by atoms with Crippen molar-refractivity contribution in [1.29, 1.82) is 0 Å². The molecular weight excluding hydrogens is 260 g/mol. The Labute approximate surface area is 115 Å². The molecule has 0 spiro atoms. The number of methoxy groups -OCH3 is 1. The molecular formula is C13H14N4O3. The number of nitrogens with two attached hydrogens (primary N) is 1. The van der Waals surface area contributed by atoms with Crippen molar-refractivity contribution in [3.8, 4) is 5.75 Å². The Morgan fingerprint density at radius 2 is 2.30 bits per heavy atom. The van der Waals surface area contributed by atoms with Gasteiger partial charge < -0.3 is 15.8 Å². The average Bonchev–Trinajstić information content (AvgIpc) is 2.43. The third-order valence-electron chi connectivity index (χ3n) is 2.60. The predicted molar refractivity (Wildman–Crippen MR) is 74.5 cm³/mol. The summed E-state index contributed by atoms with van der Waals surface area (Å²) in [5.74, 6) is 0.0973. The number of benzene rings is 1. The number of hydrogen-bond acceptors (Lipinski definition) is 5. The summed E-state index contributed by atoms with van der Waals surface area (Å²) in [7, 11) is 1.48. The van der Waals surface area contributed by atoms with Crippen molar-refractivity contribution >= 4 is 17.3 Å². The maximum Gasteiger partial charge on any atom is 0.347 e. The Hall–Kier alpha value is -2.83. The molecule has 104 valence electrons. The molecule has 0 aliphatic rings. The quantitative estimate of drug-likeness (QED) is 0.790. The van der Waals surface area contributed by atoms with Crippen molar-refractivity contribution in [3.63, 3.8) is 0 Å². The summed E-state index contributed by atoms with van der Waals surface area (Å²) in [4.78, 5) is 26.9. The van der Waals surface area contributed by atoms with Crippen LogP contribution in [0.3, 0.4) is 0 Å². The maximum absolute atomic E-state index is 11.9. The number of aromatic nitrogens is 2. The van der Waals surface area contributed by atoms with Crippen molar-refractivity contribution in [2.75, 3.05) is 18.2 Å². The Balaban J connectivity index is 2.13. The number of nitrogen functional groups attached to an aromatic ring is 1. The summed E-state index contributed by atoms with van der Waals surface area (Å²) in [5.41, 5.74) is 6.17. The molecule has 1 heterocycles. The van der Waals surface area contributed by atoms with Crippen LogP contribution in [0.2, 0.25) is 0 Å². The van der Waals surface area contributed by atoms with E-state index in [0.717, 1.165) is 0 Å². The van der Waals surface area contributed by atoms with Gasteiger partial charge in [0.1, 0.15) is 12.3 Å². The minimum atomic E-state index is -0.480. The van der Waals surface area contributed by atoms with Gasteiger partial charge in [-0.15, -0.1) is 0 Å². The lowest BCUT2D eigenvalue weighted by Crippen LogP contribution is -2.28. The topological polar surface area (TPSA) is 99.2 Å². The number of anilines is 2. The Bertz CT molecular complexity index is 681. The summed E-state index contributed by atoms with van der Waals surface area (Å²) in [6.45, 7) is -0.125. The lowest BCUT2D eigenvalue weighted by molar-refractivity contribution is -0.116. The van der Waals surface area contributed by atoms with Crippen LogP contribution < -0.4 is 21.5 Å². The second-order valence-corrected chi connectivity index (χ2v) is 4.04. The molecule has 7 nitrogen and oxygen atoms in total. The zero-order valence-corrected chi connectivity index (χ0v) is 10.9. The molecule has 0 aliphatic heterocycles. The molecule has 0 saturated carbocycles. The Morgan fingerprint density at radius 3 is 3.00 bits per heavy atom. The molecule has 2 aromatic rings. The number of rotatable bonds is 4. The largest absolute Gasteiger partial charge is 0.494 e. The van der Waals surface area contributed by atoms with Crippen molar-refractivity contribution in [2.24, 2.45) is 0 Å². The number of carbonyl (C=O) groups excluding carboxylic acids is 1. The first-order valence-corrected chi connectivity index (χ1v) is 5.85. The molecule has 0 aliphatic carbocycles. The van der Waals surface area contributed by atoms with Crippen LogP contribution in [0, 0.1) is 0 Å². The third kappa shape index (κ3) is 3.14. The van der Waals surface area contributed by atoms with Crippen LogP contribution in [0.15, 0.2) is 41.5 Å². The van der Waals surface area contributed by atoms with Crippen LogP contribution in [0.4, 0.5) is 11.4 Å². The molecule has 0 radical (unpaired) electrons. The van der Waals surface area contributed by atoms with E-state index in [2.05, 4.69) is 10.3 Å². The van der Waals surface area contributed by atoms with E-state index >= 15 is 0 Å². The van der Waals surface area contributed by atoms with Gasteiger partial charge in [0.15, 0.2) is 0 Å². The van der Waals surface area contributed by atoms with Gasteiger partial charge in [0, 0.05) is 24.1 Å². The van der Waals surface area contributed by atoms with Crippen molar-refractivity contribution < 1.29 is 9.53 Å². The summed E-state index contributed by atoms with van der Waals surface area (Å²) >= 11 is 0. The number of nitrogens with zero attached hydrogens (tertiary/aromatic N) is 2. The van der Waals surface area contributed by atoms with Crippen LogP contribution in [0.5, 0.6) is 5.75 Å². The van der Waals surface area contributed by atoms with Crippen molar-refractivity contribution in [2.45, 2.75) is 6.54 Å². The lowest BCUT2D eigenvalue weighted by Gasteiger charge is -2.11. The highest BCUT2D eigenvalue weighted by molar-refractivity contribution is 5.92. The number of carbonyl (C=O) groups is 1. The number of amides is 1. The molecule has 0 bridgehead atoms. The van der Waals surface area contributed by atoms with E-state index in [1.807, 2.05) is 0 Å². The normalized spacial score (nSPS) is 10.1. The lowest BCUT2D eigenvalue weighted by atomic mass is 10.2. The molecule has 20 heavy (non-hydrogen) atoms. The van der Waals surface area contributed by atoms with E-state index in [9.17, 15) is 9.59 Å². The van der Waals surface area contributed by atoms with Gasteiger partial charge in [-0.3, -0.25) is 9.36 Å². The zero-order chi connectivity index (χ0) is 14.5. The van der Waals surface area contributed by atoms with E-state index < -0.39 is 5.69 Å². The highest BCUT2D eigenvalue weighted by Gasteiger charge is 2.09. The van der Waals surface area contributed by atoms with Crippen molar-refractivity contribution in [1.82, 2.24) is 9.55 Å².